The average molecular weight is 704 g/mol. The van der Waals surface area contributed by atoms with Crippen LogP contribution in [0.4, 0.5) is 28.4 Å². The monoisotopic (exact) mass is 703 g/mol. The van der Waals surface area contributed by atoms with Gasteiger partial charge in [0.1, 0.15) is 9.79 Å². The van der Waals surface area contributed by atoms with Gasteiger partial charge in [-0.1, -0.05) is 42.5 Å². The lowest BCUT2D eigenvalue weighted by atomic mass is 10.1. The van der Waals surface area contributed by atoms with Crippen molar-refractivity contribution in [3.63, 3.8) is 0 Å². The Morgan fingerprint density at radius 2 is 1.02 bits per heavy atom. The van der Waals surface area contributed by atoms with Crippen molar-refractivity contribution in [1.82, 2.24) is 0 Å². The van der Waals surface area contributed by atoms with Gasteiger partial charge in [0.15, 0.2) is 4.98 Å². The van der Waals surface area contributed by atoms with Gasteiger partial charge in [-0.05, 0) is 48.5 Å². The van der Waals surface area contributed by atoms with E-state index in [1.807, 2.05) is 0 Å². The maximum Gasteiger partial charge on any atom is 0.392 e. The molecule has 0 fully saturated rings. The Morgan fingerprint density at radius 1 is 0.479 bits per heavy atom. The number of rotatable bonds is 7. The summed E-state index contributed by atoms with van der Waals surface area (Å²) in [5.74, 6) is 0. The van der Waals surface area contributed by atoms with E-state index >= 15 is 0 Å². The molecule has 0 unspecified atom stereocenters. The molecule has 240 valence electrons. The lowest BCUT2D eigenvalue weighted by Crippen LogP contribution is -2.03. The zero-order valence-electron chi connectivity index (χ0n) is 23.9. The summed E-state index contributed by atoms with van der Waals surface area (Å²) < 4.78 is 101. The van der Waals surface area contributed by atoms with E-state index < -0.39 is 45.0 Å². The van der Waals surface area contributed by atoms with Crippen LogP contribution in [0.15, 0.2) is 132 Å². The summed E-state index contributed by atoms with van der Waals surface area (Å²) >= 11 is 0. The first-order valence-corrected chi connectivity index (χ1v) is 17.7. The fourth-order valence-electron chi connectivity index (χ4n) is 5.10. The van der Waals surface area contributed by atoms with E-state index in [0.717, 1.165) is 18.2 Å². The van der Waals surface area contributed by atoms with Crippen molar-refractivity contribution < 1.29 is 38.9 Å². The predicted molar refractivity (Wildman–Crippen MR) is 174 cm³/mol. The molecule has 15 nitrogen and oxygen atoms in total. The van der Waals surface area contributed by atoms with Gasteiger partial charge in [-0.25, -0.2) is 0 Å². The van der Waals surface area contributed by atoms with Crippen LogP contribution in [0.25, 0.3) is 37.3 Å². The Kier molecular flexibility index (Phi) is 8.04. The number of diazo groups is 1. The molecular weight excluding hydrogens is 685 g/mol. The molecule has 0 aliphatic carbocycles. The van der Waals surface area contributed by atoms with Crippen LogP contribution in [0, 0.1) is 5.39 Å². The van der Waals surface area contributed by atoms with E-state index in [4.69, 9.17) is 0 Å². The van der Waals surface area contributed by atoms with Crippen molar-refractivity contribution in [3.05, 3.63) is 102 Å². The van der Waals surface area contributed by atoms with Crippen molar-refractivity contribution in [2.24, 2.45) is 20.5 Å². The highest BCUT2D eigenvalue weighted by atomic mass is 32.2. The molecule has 48 heavy (non-hydrogen) atoms. The molecule has 6 aromatic rings. The average Bonchev–Trinajstić information content (AvgIpc) is 3.04. The Labute approximate surface area is 271 Å². The molecule has 0 aromatic heterocycles. The van der Waals surface area contributed by atoms with E-state index in [1.54, 1.807) is 36.4 Å². The van der Waals surface area contributed by atoms with Gasteiger partial charge in [-0.2, -0.15) is 30.4 Å². The Bertz CT molecular complexity index is 2780. The number of hydrogen-bond acceptors (Lipinski definition) is 11. The molecule has 0 saturated carbocycles. The lowest BCUT2D eigenvalue weighted by Gasteiger charge is -2.09. The minimum atomic E-state index is -4.85. The van der Waals surface area contributed by atoms with Gasteiger partial charge in [-0.15, -0.1) is 15.3 Å². The van der Waals surface area contributed by atoms with Gasteiger partial charge in [0.05, 0.1) is 33.0 Å². The van der Waals surface area contributed by atoms with Crippen molar-refractivity contribution in [3.8, 4) is 0 Å². The maximum atomic E-state index is 12.2. The normalized spacial score (nSPS) is 12.8. The topological polar surface area (TPSA) is 241 Å². The van der Waals surface area contributed by atoms with Gasteiger partial charge < -0.3 is 0 Å². The zero-order valence-corrected chi connectivity index (χ0v) is 26.4. The molecule has 0 spiro atoms. The third-order valence-corrected chi connectivity index (χ3v) is 9.88. The molecular formula is C30H19N6O9S3+. The summed E-state index contributed by atoms with van der Waals surface area (Å²) in [6.07, 6.45) is 0. The Balaban J connectivity index is 1.43. The van der Waals surface area contributed by atoms with Crippen LogP contribution in [-0.2, 0) is 30.4 Å². The molecule has 6 aromatic carbocycles. The second kappa shape index (κ2) is 11.9. The molecule has 0 bridgehead atoms. The second-order valence-corrected chi connectivity index (χ2v) is 14.4. The minimum absolute atomic E-state index is 0.0407. The number of azo groups is 2. The summed E-state index contributed by atoms with van der Waals surface area (Å²) in [5, 5.41) is 27.8. The molecule has 0 heterocycles. The van der Waals surface area contributed by atoms with Gasteiger partial charge >= 0.3 is 5.69 Å². The summed E-state index contributed by atoms with van der Waals surface area (Å²) in [5.41, 5.74) is 0.890. The standard InChI is InChI=1S/C30H18N6O9S3/c31-32-25-10-11-28(21-9-8-18(16-23(21)25)46(37,38)39)36-35-27-13-12-26(19-4-1-2-5-20(19)27)34-33-17-14-24-22(30(15-17)48(43,44)45)6-3-7-29(24)47(40,41)42/h1-16H,(H2-,37,38,39,40,41,42,43,44,45)/p+1. The molecule has 0 saturated heterocycles. The summed E-state index contributed by atoms with van der Waals surface area (Å²) in [6, 6.07) is 22.4. The third-order valence-electron chi connectivity index (χ3n) is 7.22. The molecule has 3 N–H and O–H groups in total. The van der Waals surface area contributed by atoms with Crippen LogP contribution in [0.2, 0.25) is 0 Å². The molecule has 0 aliphatic heterocycles. The van der Waals surface area contributed by atoms with E-state index in [0.29, 0.717) is 33.2 Å². The first-order chi connectivity index (χ1) is 22.6. The first kappa shape index (κ1) is 32.4. The fraction of sp³-hybridized carbons (Fsp3) is 0. The van der Waals surface area contributed by atoms with Gasteiger partial charge in [-0.3, -0.25) is 13.7 Å². The first-order valence-electron chi connectivity index (χ1n) is 13.4. The number of benzene rings is 6. The number of hydrogen-bond donors (Lipinski definition) is 3. The number of fused-ring (bicyclic) bond motifs is 3. The smallest absolute Gasteiger partial charge is 0.282 e. The minimum Gasteiger partial charge on any atom is -0.282 e. The van der Waals surface area contributed by atoms with Crippen LogP contribution in [0.5, 0.6) is 0 Å². The number of nitrogens with zero attached hydrogens (tertiary/aromatic N) is 6. The van der Waals surface area contributed by atoms with E-state index in [1.165, 1.54) is 42.5 Å². The van der Waals surface area contributed by atoms with E-state index in [-0.39, 0.29) is 27.5 Å². The second-order valence-electron chi connectivity index (χ2n) is 10.2. The van der Waals surface area contributed by atoms with Crippen molar-refractivity contribution >= 4 is 91.1 Å². The van der Waals surface area contributed by atoms with Crippen LogP contribution in [-0.4, -0.2) is 38.9 Å². The Hall–Kier alpha value is -5.55. The highest BCUT2D eigenvalue weighted by Crippen LogP contribution is 2.39. The van der Waals surface area contributed by atoms with Gasteiger partial charge in [0, 0.05) is 33.0 Å². The largest absolute Gasteiger partial charge is 0.392 e. The van der Waals surface area contributed by atoms with Crippen molar-refractivity contribution in [2.45, 2.75) is 14.7 Å². The SMILES string of the molecule is N#[N+]c1ccc(N=Nc2ccc(N=Nc3cc(S(=O)(=O)O)c4cccc(S(=O)(=O)O)c4c3)c3ccccc23)c2ccc(S(=O)(=O)O)cc12. The Morgan fingerprint density at radius 3 is 1.58 bits per heavy atom. The highest BCUT2D eigenvalue weighted by molar-refractivity contribution is 7.86. The molecule has 0 atom stereocenters. The lowest BCUT2D eigenvalue weighted by molar-refractivity contribution is 0.481. The summed E-state index contributed by atoms with van der Waals surface area (Å²) in [4.78, 5) is 1.54. The van der Waals surface area contributed by atoms with Crippen LogP contribution in [0.3, 0.4) is 0 Å². The summed E-state index contributed by atoms with van der Waals surface area (Å²) in [6.45, 7) is 0. The molecule has 0 radical (unpaired) electrons. The molecule has 0 aliphatic rings. The van der Waals surface area contributed by atoms with E-state index in [2.05, 4.69) is 25.4 Å². The van der Waals surface area contributed by atoms with E-state index in [9.17, 15) is 44.3 Å². The molecule has 0 amide bonds. The molecule has 6 rings (SSSR count). The fourth-order valence-corrected chi connectivity index (χ4v) is 7.03. The van der Waals surface area contributed by atoms with Crippen LogP contribution < -0.4 is 0 Å². The third kappa shape index (κ3) is 6.24. The van der Waals surface area contributed by atoms with Crippen LogP contribution in [0.1, 0.15) is 0 Å². The highest BCUT2D eigenvalue weighted by Gasteiger charge is 2.22. The molecule has 18 heteroatoms. The van der Waals surface area contributed by atoms with Gasteiger partial charge in [0.25, 0.3) is 30.4 Å². The maximum absolute atomic E-state index is 12.2. The van der Waals surface area contributed by atoms with Crippen molar-refractivity contribution in [1.29, 1.82) is 5.39 Å². The van der Waals surface area contributed by atoms with Crippen LogP contribution >= 0.6 is 0 Å². The quantitative estimate of drug-likeness (QED) is 0.0817. The summed E-state index contributed by atoms with van der Waals surface area (Å²) in [7, 11) is -14.2. The zero-order chi connectivity index (χ0) is 34.4. The predicted octanol–water partition coefficient (Wildman–Crippen LogP) is 8.20. The van der Waals surface area contributed by atoms with Gasteiger partial charge in [0.2, 0.25) is 5.39 Å². The van der Waals surface area contributed by atoms with Crippen molar-refractivity contribution in [2.75, 3.05) is 0 Å².